The number of rotatable bonds is 8. The SMILES string of the molecule is CC(C)C[C@H](N)C(=O)N[C@@H]1CCN(S(=O)(=O)c2ccc(OC3CCNCC3)c(Br)c2)C1. The Morgan fingerprint density at radius 3 is 2.68 bits per heavy atom. The lowest BCUT2D eigenvalue weighted by molar-refractivity contribution is -0.123. The Bertz CT molecular complexity index is 874. The molecule has 174 valence electrons. The summed E-state index contributed by atoms with van der Waals surface area (Å²) in [6.07, 6.45) is 3.14. The van der Waals surface area contributed by atoms with Gasteiger partial charge in [-0.25, -0.2) is 8.42 Å². The molecule has 1 aromatic carbocycles. The summed E-state index contributed by atoms with van der Waals surface area (Å²) in [5, 5.41) is 6.19. The number of halogens is 1. The maximum atomic E-state index is 13.1. The molecule has 0 radical (unpaired) electrons. The molecule has 2 heterocycles. The van der Waals surface area contributed by atoms with Gasteiger partial charge >= 0.3 is 0 Å². The largest absolute Gasteiger partial charge is 0.489 e. The third kappa shape index (κ3) is 6.41. The average molecular weight is 517 g/mol. The van der Waals surface area contributed by atoms with Crippen LogP contribution in [0.15, 0.2) is 27.6 Å². The molecular weight excluding hydrogens is 484 g/mol. The molecule has 2 saturated heterocycles. The zero-order chi connectivity index (χ0) is 22.6. The van der Waals surface area contributed by atoms with Crippen LogP contribution in [0.1, 0.15) is 39.5 Å². The van der Waals surface area contributed by atoms with Gasteiger partial charge in [0, 0.05) is 19.1 Å². The highest BCUT2D eigenvalue weighted by Gasteiger charge is 2.34. The molecule has 1 amide bonds. The second-order valence-corrected chi connectivity index (χ2v) is 11.5. The van der Waals surface area contributed by atoms with Gasteiger partial charge in [-0.3, -0.25) is 4.79 Å². The van der Waals surface area contributed by atoms with Crippen molar-refractivity contribution in [2.75, 3.05) is 26.2 Å². The molecule has 31 heavy (non-hydrogen) atoms. The van der Waals surface area contributed by atoms with Crippen LogP contribution in [0.5, 0.6) is 5.75 Å². The van der Waals surface area contributed by atoms with Crippen molar-refractivity contribution in [1.82, 2.24) is 14.9 Å². The number of amides is 1. The van der Waals surface area contributed by atoms with Crippen molar-refractivity contribution < 1.29 is 17.9 Å². The Kier molecular flexibility index (Phi) is 8.37. The van der Waals surface area contributed by atoms with Gasteiger partial charge in [0.25, 0.3) is 0 Å². The first-order valence-corrected chi connectivity index (χ1v) is 13.1. The normalized spacial score (nSPS) is 21.9. The van der Waals surface area contributed by atoms with Crippen molar-refractivity contribution in [3.8, 4) is 5.75 Å². The van der Waals surface area contributed by atoms with E-state index in [2.05, 4.69) is 26.6 Å². The molecule has 0 unspecified atom stereocenters. The number of carbonyl (C=O) groups excluding carboxylic acids is 1. The fourth-order valence-corrected chi connectivity index (χ4v) is 6.12. The number of hydrogen-bond acceptors (Lipinski definition) is 6. The molecule has 0 saturated carbocycles. The van der Waals surface area contributed by atoms with E-state index < -0.39 is 16.1 Å². The monoisotopic (exact) mass is 516 g/mol. The number of benzene rings is 1. The number of hydrogen-bond donors (Lipinski definition) is 3. The standard InChI is InChI=1S/C21H33BrN4O4S/c1-14(2)11-19(23)21(27)25-15-7-10-26(13-15)31(28,29)17-3-4-20(18(22)12-17)30-16-5-8-24-9-6-16/h3-4,12,14-16,19,24H,5-11,13,23H2,1-2H3,(H,25,27)/t15-,19+/m1/s1. The van der Waals surface area contributed by atoms with Gasteiger partial charge in [-0.1, -0.05) is 13.8 Å². The van der Waals surface area contributed by atoms with Crippen LogP contribution in [0.3, 0.4) is 0 Å². The van der Waals surface area contributed by atoms with Gasteiger partial charge < -0.3 is 21.1 Å². The van der Waals surface area contributed by atoms with Crippen LogP contribution in [0.4, 0.5) is 0 Å². The lowest BCUT2D eigenvalue weighted by atomic mass is 10.0. The van der Waals surface area contributed by atoms with E-state index in [1.165, 1.54) is 4.31 Å². The van der Waals surface area contributed by atoms with E-state index in [0.717, 1.165) is 25.9 Å². The maximum absolute atomic E-state index is 13.1. The van der Waals surface area contributed by atoms with Crippen molar-refractivity contribution >= 4 is 31.9 Å². The Morgan fingerprint density at radius 2 is 2.03 bits per heavy atom. The number of carbonyl (C=O) groups is 1. The number of nitrogens with zero attached hydrogens (tertiary/aromatic N) is 1. The van der Waals surface area contributed by atoms with Gasteiger partial charge in [0.05, 0.1) is 15.4 Å². The van der Waals surface area contributed by atoms with Crippen LogP contribution >= 0.6 is 15.9 Å². The summed E-state index contributed by atoms with van der Waals surface area (Å²) >= 11 is 3.46. The molecule has 0 aliphatic carbocycles. The minimum absolute atomic E-state index is 0.130. The van der Waals surface area contributed by atoms with Gasteiger partial charge in [0.2, 0.25) is 15.9 Å². The van der Waals surface area contributed by atoms with E-state index >= 15 is 0 Å². The van der Waals surface area contributed by atoms with Gasteiger partial charge in [-0.15, -0.1) is 0 Å². The summed E-state index contributed by atoms with van der Waals surface area (Å²) in [5.41, 5.74) is 5.94. The van der Waals surface area contributed by atoms with Crippen molar-refractivity contribution in [3.63, 3.8) is 0 Å². The highest BCUT2D eigenvalue weighted by molar-refractivity contribution is 9.10. The molecule has 0 aromatic heterocycles. The minimum atomic E-state index is -3.66. The van der Waals surface area contributed by atoms with E-state index in [9.17, 15) is 13.2 Å². The average Bonchev–Trinajstić information content (AvgIpc) is 3.19. The summed E-state index contributed by atoms with van der Waals surface area (Å²) in [6.45, 7) is 6.47. The Balaban J connectivity index is 1.61. The summed E-state index contributed by atoms with van der Waals surface area (Å²) in [7, 11) is -3.66. The first kappa shape index (κ1) is 24.4. The van der Waals surface area contributed by atoms with E-state index in [4.69, 9.17) is 10.5 Å². The predicted octanol–water partition coefficient (Wildman–Crippen LogP) is 1.83. The van der Waals surface area contributed by atoms with Gasteiger partial charge in [0.15, 0.2) is 0 Å². The van der Waals surface area contributed by atoms with Crippen LogP contribution in [0.25, 0.3) is 0 Å². The van der Waals surface area contributed by atoms with Crippen LogP contribution in [0.2, 0.25) is 0 Å². The van der Waals surface area contributed by atoms with Crippen LogP contribution in [-0.2, 0) is 14.8 Å². The van der Waals surface area contributed by atoms with Crippen molar-refractivity contribution in [2.24, 2.45) is 11.7 Å². The number of sulfonamides is 1. The first-order valence-electron chi connectivity index (χ1n) is 10.9. The lowest BCUT2D eigenvalue weighted by Gasteiger charge is -2.24. The number of nitrogens with two attached hydrogens (primary N) is 1. The lowest BCUT2D eigenvalue weighted by Crippen LogP contribution is -2.47. The molecule has 10 heteroatoms. The van der Waals surface area contributed by atoms with E-state index in [1.807, 2.05) is 13.8 Å². The summed E-state index contributed by atoms with van der Waals surface area (Å²) < 4.78 is 34.3. The molecule has 2 aliphatic rings. The third-order valence-electron chi connectivity index (χ3n) is 5.68. The second-order valence-electron chi connectivity index (χ2n) is 8.75. The molecule has 2 atom stereocenters. The number of ether oxygens (including phenoxy) is 1. The van der Waals surface area contributed by atoms with Crippen LogP contribution < -0.4 is 21.1 Å². The third-order valence-corrected chi connectivity index (χ3v) is 8.16. The summed E-state index contributed by atoms with van der Waals surface area (Å²) in [6, 6.07) is 4.08. The molecular formula is C21H33BrN4O4S. The second kappa shape index (κ2) is 10.6. The molecule has 1 aromatic rings. The Hall–Kier alpha value is -1.20. The van der Waals surface area contributed by atoms with E-state index in [0.29, 0.717) is 35.5 Å². The minimum Gasteiger partial charge on any atom is -0.489 e. The van der Waals surface area contributed by atoms with Gasteiger partial charge in [-0.2, -0.15) is 4.31 Å². The molecule has 2 aliphatic heterocycles. The molecule has 8 nitrogen and oxygen atoms in total. The zero-order valence-electron chi connectivity index (χ0n) is 18.1. The Morgan fingerprint density at radius 1 is 1.32 bits per heavy atom. The smallest absolute Gasteiger partial charge is 0.243 e. The number of nitrogens with one attached hydrogen (secondary N) is 2. The maximum Gasteiger partial charge on any atom is 0.243 e. The van der Waals surface area contributed by atoms with Gasteiger partial charge in [-0.05, 0) is 78.8 Å². The summed E-state index contributed by atoms with van der Waals surface area (Å²) in [4.78, 5) is 12.5. The highest BCUT2D eigenvalue weighted by Crippen LogP contribution is 2.31. The molecule has 4 N–H and O–H groups in total. The van der Waals surface area contributed by atoms with Crippen molar-refractivity contribution in [2.45, 2.75) is 62.6 Å². The van der Waals surface area contributed by atoms with Crippen LogP contribution in [0, 0.1) is 5.92 Å². The highest BCUT2D eigenvalue weighted by atomic mass is 79.9. The Labute approximate surface area is 193 Å². The molecule has 0 spiro atoms. The first-order chi connectivity index (χ1) is 14.7. The van der Waals surface area contributed by atoms with Crippen molar-refractivity contribution in [3.05, 3.63) is 22.7 Å². The fourth-order valence-electron chi connectivity index (χ4n) is 3.97. The van der Waals surface area contributed by atoms with E-state index in [1.54, 1.807) is 18.2 Å². The fraction of sp³-hybridized carbons (Fsp3) is 0.667. The molecule has 3 rings (SSSR count). The topological polar surface area (TPSA) is 114 Å². The van der Waals surface area contributed by atoms with Crippen LogP contribution in [-0.4, -0.2) is 63.0 Å². The zero-order valence-corrected chi connectivity index (χ0v) is 20.5. The predicted molar refractivity (Wildman–Crippen MR) is 123 cm³/mol. The summed E-state index contributed by atoms with van der Waals surface area (Å²) in [5.74, 6) is 0.748. The van der Waals surface area contributed by atoms with E-state index in [-0.39, 0.29) is 29.5 Å². The van der Waals surface area contributed by atoms with Gasteiger partial charge in [0.1, 0.15) is 11.9 Å². The number of piperidine rings is 1. The molecule has 0 bridgehead atoms. The molecule has 2 fully saturated rings. The quantitative estimate of drug-likeness (QED) is 0.485. The van der Waals surface area contributed by atoms with Crippen molar-refractivity contribution in [1.29, 1.82) is 0 Å².